The van der Waals surface area contributed by atoms with E-state index in [1.807, 2.05) is 33.2 Å². The molecule has 0 radical (unpaired) electrons. The summed E-state index contributed by atoms with van der Waals surface area (Å²) >= 11 is 0. The first-order valence-corrected chi connectivity index (χ1v) is 15.4. The summed E-state index contributed by atoms with van der Waals surface area (Å²) in [5, 5.41) is 10.3. The maximum absolute atomic E-state index is 13.9. The van der Waals surface area contributed by atoms with Crippen molar-refractivity contribution in [3.8, 4) is 0 Å². The highest BCUT2D eigenvalue weighted by Crippen LogP contribution is 2.31. The van der Waals surface area contributed by atoms with Gasteiger partial charge in [0.15, 0.2) is 5.82 Å². The van der Waals surface area contributed by atoms with Gasteiger partial charge in [-0.05, 0) is 82.4 Å². The van der Waals surface area contributed by atoms with E-state index in [9.17, 15) is 26.8 Å². The minimum Gasteiger partial charge on any atom is -0.451 e. The molecule has 2 atom stereocenters. The molecule has 0 saturated carbocycles. The highest BCUT2D eigenvalue weighted by molar-refractivity contribution is 7.91. The minimum atomic E-state index is -4.41. The van der Waals surface area contributed by atoms with Crippen LogP contribution in [0, 0.1) is 11.6 Å². The predicted octanol–water partition coefficient (Wildman–Crippen LogP) is 4.95. The first-order valence-electron chi connectivity index (χ1n) is 13.9. The summed E-state index contributed by atoms with van der Waals surface area (Å²) in [5.41, 5.74) is 1.91. The number of methoxy groups -OCH3 is 2. The number of hydrogen-bond donors (Lipinski definition) is 2. The molecule has 1 unspecified atom stereocenters. The van der Waals surface area contributed by atoms with Crippen LogP contribution in [0.1, 0.15) is 29.8 Å². The van der Waals surface area contributed by atoms with Crippen LogP contribution in [0.2, 0.25) is 0 Å². The molecular formula is C31H35F2N5O6S. The third kappa shape index (κ3) is 7.47. The Hall–Kier alpha value is -4.40. The summed E-state index contributed by atoms with van der Waals surface area (Å²) in [7, 11) is 2.27. The monoisotopic (exact) mass is 643 g/mol. The quantitative estimate of drug-likeness (QED) is 0.233. The van der Waals surface area contributed by atoms with Crippen LogP contribution in [-0.4, -0.2) is 82.1 Å². The van der Waals surface area contributed by atoms with E-state index in [1.165, 1.54) is 18.2 Å². The Kier molecular flexibility index (Phi) is 10.2. The highest BCUT2D eigenvalue weighted by atomic mass is 32.2. The van der Waals surface area contributed by atoms with Gasteiger partial charge in [0.1, 0.15) is 11.6 Å². The van der Waals surface area contributed by atoms with E-state index in [-0.39, 0.29) is 39.3 Å². The predicted molar refractivity (Wildman–Crippen MR) is 166 cm³/mol. The van der Waals surface area contributed by atoms with Crippen molar-refractivity contribution in [1.82, 2.24) is 14.7 Å². The van der Waals surface area contributed by atoms with Crippen molar-refractivity contribution in [2.75, 3.05) is 45.6 Å². The summed E-state index contributed by atoms with van der Waals surface area (Å²) in [6, 6.07) is 11.1. The lowest BCUT2D eigenvalue weighted by atomic mass is 10.0. The molecule has 0 bridgehead atoms. The lowest BCUT2D eigenvalue weighted by Gasteiger charge is -2.22. The SMILES string of the molecule is COCC(C)Nc1cc(C[C@@H](C)N(C)C)ccc1C(=O)Nc1nn(C(=O)OC)c2ccc(S(=O)(=O)c3cc(F)cc(F)c3)cc12. The van der Waals surface area contributed by atoms with E-state index in [0.717, 1.165) is 23.8 Å². The van der Waals surface area contributed by atoms with E-state index in [0.29, 0.717) is 30.5 Å². The number of likely N-dealkylation sites (N-methyl/N-ethyl adjacent to an activating group) is 1. The molecule has 1 amide bonds. The number of hydrogen-bond acceptors (Lipinski definition) is 9. The van der Waals surface area contributed by atoms with Gasteiger partial charge in [-0.25, -0.2) is 22.0 Å². The summed E-state index contributed by atoms with van der Waals surface area (Å²) < 4.78 is 65.3. The maximum Gasteiger partial charge on any atom is 0.435 e. The Morgan fingerprint density at radius 3 is 2.29 bits per heavy atom. The molecule has 0 aliphatic carbocycles. The van der Waals surface area contributed by atoms with Gasteiger partial charge < -0.3 is 25.0 Å². The number of halogens is 2. The fourth-order valence-electron chi connectivity index (χ4n) is 4.69. The van der Waals surface area contributed by atoms with Crippen LogP contribution >= 0.6 is 0 Å². The van der Waals surface area contributed by atoms with Crippen molar-refractivity contribution in [2.45, 2.75) is 42.1 Å². The molecule has 1 aromatic heterocycles. The van der Waals surface area contributed by atoms with Crippen LogP contribution in [0.3, 0.4) is 0 Å². The summed E-state index contributed by atoms with van der Waals surface area (Å²) in [4.78, 5) is 27.4. The zero-order chi connectivity index (χ0) is 33.1. The molecule has 0 saturated heterocycles. The number of anilines is 2. The molecule has 1 heterocycles. The average Bonchev–Trinajstić information content (AvgIpc) is 3.33. The number of nitrogens with zero attached hydrogens (tertiary/aromatic N) is 3. The number of nitrogens with one attached hydrogen (secondary N) is 2. The van der Waals surface area contributed by atoms with E-state index >= 15 is 0 Å². The Bertz CT molecular complexity index is 1820. The van der Waals surface area contributed by atoms with Crippen molar-refractivity contribution in [3.63, 3.8) is 0 Å². The third-order valence-electron chi connectivity index (χ3n) is 7.25. The summed E-state index contributed by atoms with van der Waals surface area (Å²) in [5.74, 6) is -2.85. The molecule has 45 heavy (non-hydrogen) atoms. The molecule has 11 nitrogen and oxygen atoms in total. The molecule has 4 rings (SSSR count). The summed E-state index contributed by atoms with van der Waals surface area (Å²) in [6.07, 6.45) is -0.165. The number of benzene rings is 3. The van der Waals surface area contributed by atoms with Crippen molar-refractivity contribution >= 4 is 44.2 Å². The van der Waals surface area contributed by atoms with Gasteiger partial charge in [0, 0.05) is 36.3 Å². The lowest BCUT2D eigenvalue weighted by molar-refractivity contribution is 0.102. The van der Waals surface area contributed by atoms with Gasteiger partial charge in [-0.2, -0.15) is 4.68 Å². The van der Waals surface area contributed by atoms with E-state index < -0.39 is 38.4 Å². The van der Waals surface area contributed by atoms with Gasteiger partial charge >= 0.3 is 6.09 Å². The standard InChI is InChI=1S/C31H35F2N5O6S/c1-18(17-43-5)34-27-12-20(11-19(2)37(3)4)7-9-25(27)30(39)35-29-26-16-23(8-10-28(26)38(36-29)31(40)44-6)45(41,42)24-14-21(32)13-22(33)15-24/h7-10,12-16,18-19,34H,11,17H2,1-6H3,(H,35,36,39)/t18?,19-/m1/s1. The number of carbonyl (C=O) groups is 2. The molecule has 240 valence electrons. The van der Waals surface area contributed by atoms with Gasteiger partial charge in [-0.3, -0.25) is 4.79 Å². The number of sulfone groups is 1. The van der Waals surface area contributed by atoms with Crippen LogP contribution in [-0.2, 0) is 25.7 Å². The molecule has 14 heteroatoms. The zero-order valence-electron chi connectivity index (χ0n) is 25.7. The first-order chi connectivity index (χ1) is 21.2. The number of aromatic nitrogens is 2. The van der Waals surface area contributed by atoms with Crippen molar-refractivity contribution in [1.29, 1.82) is 0 Å². The Balaban J connectivity index is 1.78. The number of ether oxygens (including phenoxy) is 2. The topological polar surface area (TPSA) is 132 Å². The highest BCUT2D eigenvalue weighted by Gasteiger charge is 2.25. The van der Waals surface area contributed by atoms with Crippen LogP contribution in [0.25, 0.3) is 10.9 Å². The largest absolute Gasteiger partial charge is 0.451 e. The zero-order valence-corrected chi connectivity index (χ0v) is 26.5. The Labute approximate surface area is 260 Å². The number of fused-ring (bicyclic) bond motifs is 1. The molecule has 2 N–H and O–H groups in total. The number of carbonyl (C=O) groups excluding carboxylic acids is 2. The van der Waals surface area contributed by atoms with Gasteiger partial charge in [0.05, 0.1) is 34.6 Å². The normalized spacial score (nSPS) is 13.1. The Morgan fingerprint density at radius 1 is 0.978 bits per heavy atom. The number of rotatable bonds is 11. The number of amides is 1. The van der Waals surface area contributed by atoms with Crippen molar-refractivity contribution in [2.24, 2.45) is 0 Å². The molecule has 0 spiro atoms. The molecule has 3 aromatic carbocycles. The van der Waals surface area contributed by atoms with Gasteiger partial charge in [-0.15, -0.1) is 5.10 Å². The molecule has 4 aromatic rings. The van der Waals surface area contributed by atoms with Gasteiger partial charge in [0.2, 0.25) is 9.84 Å². The Morgan fingerprint density at radius 2 is 1.67 bits per heavy atom. The van der Waals surface area contributed by atoms with Crippen molar-refractivity contribution in [3.05, 3.63) is 77.4 Å². The maximum atomic E-state index is 13.9. The smallest absolute Gasteiger partial charge is 0.435 e. The van der Waals surface area contributed by atoms with E-state index in [2.05, 4.69) is 27.6 Å². The van der Waals surface area contributed by atoms with Gasteiger partial charge in [0.25, 0.3) is 5.91 Å². The second-order valence-electron chi connectivity index (χ2n) is 10.9. The van der Waals surface area contributed by atoms with E-state index in [1.54, 1.807) is 13.2 Å². The first kappa shape index (κ1) is 33.5. The third-order valence-corrected chi connectivity index (χ3v) is 8.98. The van der Waals surface area contributed by atoms with Crippen LogP contribution in [0.4, 0.5) is 25.1 Å². The average molecular weight is 644 g/mol. The lowest BCUT2D eigenvalue weighted by Crippen LogP contribution is -2.27. The summed E-state index contributed by atoms with van der Waals surface area (Å²) in [6.45, 7) is 4.36. The van der Waals surface area contributed by atoms with Crippen molar-refractivity contribution < 1.29 is 36.3 Å². The fourth-order valence-corrected chi connectivity index (χ4v) is 6.02. The van der Waals surface area contributed by atoms with Crippen LogP contribution in [0.15, 0.2) is 64.4 Å². The molecular weight excluding hydrogens is 608 g/mol. The van der Waals surface area contributed by atoms with Crippen LogP contribution < -0.4 is 10.6 Å². The van der Waals surface area contributed by atoms with E-state index in [4.69, 9.17) is 9.47 Å². The second kappa shape index (κ2) is 13.7. The molecule has 0 aliphatic rings. The molecule has 0 aliphatic heterocycles. The second-order valence-corrected chi connectivity index (χ2v) is 12.8. The van der Waals surface area contributed by atoms with Crippen LogP contribution in [0.5, 0.6) is 0 Å². The minimum absolute atomic E-state index is 0.0744. The molecule has 0 fully saturated rings. The fraction of sp³-hybridized carbons (Fsp3) is 0.323. The van der Waals surface area contributed by atoms with Gasteiger partial charge in [-0.1, -0.05) is 6.07 Å².